The van der Waals surface area contributed by atoms with Crippen LogP contribution in [0.3, 0.4) is 0 Å². The highest BCUT2D eigenvalue weighted by molar-refractivity contribution is 5.98. The molecule has 0 spiro atoms. The number of nitrogens with zero attached hydrogens (tertiary/aromatic N) is 1. The Labute approximate surface area is 110 Å². The minimum atomic E-state index is -0.671. The molecule has 4 nitrogen and oxygen atoms in total. The Kier molecular flexibility index (Phi) is 5.17. The van der Waals surface area contributed by atoms with Crippen LogP contribution in [0.4, 0.5) is 0 Å². The summed E-state index contributed by atoms with van der Waals surface area (Å²) in [4.78, 5) is 26.2. The maximum absolute atomic E-state index is 12.6. The maximum Gasteiger partial charge on any atom is 0.249 e. The van der Waals surface area contributed by atoms with Gasteiger partial charge in [-0.3, -0.25) is 9.59 Å². The number of carbonyl (C=O) groups excluding carboxylic acids is 2. The fourth-order valence-corrected chi connectivity index (χ4v) is 2.60. The summed E-state index contributed by atoms with van der Waals surface area (Å²) in [5, 5.41) is 2.89. The largest absolute Gasteiger partial charge is 0.340 e. The molecule has 2 amide bonds. The van der Waals surface area contributed by atoms with Crippen molar-refractivity contribution in [1.82, 2.24) is 10.2 Å². The molecule has 0 aromatic carbocycles. The van der Waals surface area contributed by atoms with Crippen molar-refractivity contribution in [2.24, 2.45) is 0 Å². The van der Waals surface area contributed by atoms with Crippen LogP contribution in [0.25, 0.3) is 0 Å². The Bertz CT molecular complexity index is 311. The van der Waals surface area contributed by atoms with Gasteiger partial charge < -0.3 is 10.2 Å². The standard InChI is InChI=1S/C14H26N2O2/c1-5-8-9-11(4)16-10-12(17)15-14(6-2,7-3)13(16)18/h11H,5-10H2,1-4H3,(H,15,17). The number of amides is 2. The molecule has 0 aromatic heterocycles. The Hall–Kier alpha value is -1.06. The molecule has 18 heavy (non-hydrogen) atoms. The molecule has 1 rings (SSSR count). The fraction of sp³-hybridized carbons (Fsp3) is 0.857. The van der Waals surface area contributed by atoms with E-state index in [1.165, 1.54) is 0 Å². The lowest BCUT2D eigenvalue weighted by Gasteiger charge is -2.43. The van der Waals surface area contributed by atoms with Crippen molar-refractivity contribution in [3.05, 3.63) is 0 Å². The zero-order chi connectivity index (χ0) is 13.8. The third-order valence-corrected chi connectivity index (χ3v) is 4.08. The second-order valence-corrected chi connectivity index (χ2v) is 5.26. The van der Waals surface area contributed by atoms with Crippen molar-refractivity contribution in [2.75, 3.05) is 6.54 Å². The predicted octanol–water partition coefficient (Wildman–Crippen LogP) is 2.08. The lowest BCUT2D eigenvalue weighted by Crippen LogP contribution is -2.67. The number of hydrogen-bond donors (Lipinski definition) is 1. The van der Waals surface area contributed by atoms with Gasteiger partial charge in [-0.05, 0) is 26.2 Å². The minimum absolute atomic E-state index is 0.0263. The first-order valence-electron chi connectivity index (χ1n) is 7.12. The zero-order valence-corrected chi connectivity index (χ0v) is 12.1. The van der Waals surface area contributed by atoms with Gasteiger partial charge in [-0.2, -0.15) is 0 Å². The van der Waals surface area contributed by atoms with Crippen LogP contribution in [0.2, 0.25) is 0 Å². The van der Waals surface area contributed by atoms with E-state index >= 15 is 0 Å². The van der Waals surface area contributed by atoms with Gasteiger partial charge in [0.1, 0.15) is 5.54 Å². The average molecular weight is 254 g/mol. The van der Waals surface area contributed by atoms with E-state index in [1.54, 1.807) is 4.90 Å². The van der Waals surface area contributed by atoms with Crippen LogP contribution in [0, 0.1) is 0 Å². The van der Waals surface area contributed by atoms with Crippen molar-refractivity contribution < 1.29 is 9.59 Å². The maximum atomic E-state index is 12.6. The molecule has 1 saturated heterocycles. The van der Waals surface area contributed by atoms with Crippen molar-refractivity contribution >= 4 is 11.8 Å². The summed E-state index contributed by atoms with van der Waals surface area (Å²) >= 11 is 0. The second kappa shape index (κ2) is 6.21. The molecule has 4 heteroatoms. The average Bonchev–Trinajstić information content (AvgIpc) is 2.38. The van der Waals surface area contributed by atoms with E-state index in [9.17, 15) is 9.59 Å². The predicted molar refractivity (Wildman–Crippen MR) is 72.2 cm³/mol. The third kappa shape index (κ3) is 2.85. The monoisotopic (exact) mass is 254 g/mol. The van der Waals surface area contributed by atoms with Gasteiger partial charge in [0.15, 0.2) is 0 Å². The molecular formula is C14H26N2O2. The molecule has 0 aromatic rings. The minimum Gasteiger partial charge on any atom is -0.340 e. The van der Waals surface area contributed by atoms with Crippen LogP contribution in [0.1, 0.15) is 59.8 Å². The summed E-state index contributed by atoms with van der Waals surface area (Å²) in [5.41, 5.74) is -0.671. The van der Waals surface area contributed by atoms with E-state index in [-0.39, 0.29) is 24.4 Å². The van der Waals surface area contributed by atoms with E-state index in [0.29, 0.717) is 12.8 Å². The summed E-state index contributed by atoms with van der Waals surface area (Å²) in [6.07, 6.45) is 4.50. The highest BCUT2D eigenvalue weighted by Crippen LogP contribution is 2.24. The van der Waals surface area contributed by atoms with Crippen molar-refractivity contribution in [2.45, 2.75) is 71.4 Å². The van der Waals surface area contributed by atoms with Gasteiger partial charge in [0, 0.05) is 6.04 Å². The van der Waals surface area contributed by atoms with E-state index in [4.69, 9.17) is 0 Å². The second-order valence-electron chi connectivity index (χ2n) is 5.26. The fourth-order valence-electron chi connectivity index (χ4n) is 2.60. The SMILES string of the molecule is CCCCC(C)N1CC(=O)NC(CC)(CC)C1=O. The van der Waals surface area contributed by atoms with Crippen molar-refractivity contribution in [3.8, 4) is 0 Å². The van der Waals surface area contributed by atoms with Crippen LogP contribution in [0.15, 0.2) is 0 Å². The van der Waals surface area contributed by atoms with Crippen LogP contribution < -0.4 is 5.32 Å². The van der Waals surface area contributed by atoms with Gasteiger partial charge in [-0.15, -0.1) is 0 Å². The topological polar surface area (TPSA) is 49.4 Å². The van der Waals surface area contributed by atoms with Crippen LogP contribution >= 0.6 is 0 Å². The molecule has 1 fully saturated rings. The number of piperazine rings is 1. The van der Waals surface area contributed by atoms with Crippen LogP contribution in [0.5, 0.6) is 0 Å². The van der Waals surface area contributed by atoms with E-state index < -0.39 is 5.54 Å². The Morgan fingerprint density at radius 3 is 2.39 bits per heavy atom. The Balaban J connectivity index is 2.85. The van der Waals surface area contributed by atoms with Crippen molar-refractivity contribution in [3.63, 3.8) is 0 Å². The molecule has 0 bridgehead atoms. The first kappa shape index (κ1) is 15.0. The highest BCUT2D eigenvalue weighted by atomic mass is 16.2. The van der Waals surface area contributed by atoms with E-state index in [2.05, 4.69) is 12.2 Å². The summed E-state index contributed by atoms with van der Waals surface area (Å²) in [5.74, 6) is 0.0670. The quantitative estimate of drug-likeness (QED) is 0.789. The van der Waals surface area contributed by atoms with Crippen LogP contribution in [-0.4, -0.2) is 34.8 Å². The lowest BCUT2D eigenvalue weighted by molar-refractivity contribution is -0.152. The molecule has 0 aliphatic carbocycles. The van der Waals surface area contributed by atoms with Gasteiger partial charge in [0.25, 0.3) is 0 Å². The molecule has 0 radical (unpaired) electrons. The van der Waals surface area contributed by atoms with E-state index in [0.717, 1.165) is 19.3 Å². The van der Waals surface area contributed by atoms with Gasteiger partial charge in [0.2, 0.25) is 11.8 Å². The number of nitrogens with one attached hydrogen (secondary N) is 1. The van der Waals surface area contributed by atoms with E-state index in [1.807, 2.05) is 20.8 Å². The number of unbranched alkanes of at least 4 members (excludes halogenated alkanes) is 1. The molecule has 1 N–H and O–H groups in total. The molecule has 1 aliphatic rings. The van der Waals surface area contributed by atoms with Gasteiger partial charge in [0.05, 0.1) is 6.54 Å². The number of rotatable bonds is 6. The van der Waals surface area contributed by atoms with Gasteiger partial charge >= 0.3 is 0 Å². The lowest BCUT2D eigenvalue weighted by atomic mass is 9.88. The summed E-state index contributed by atoms with van der Waals surface area (Å²) in [7, 11) is 0. The molecule has 1 aliphatic heterocycles. The smallest absolute Gasteiger partial charge is 0.249 e. The Morgan fingerprint density at radius 2 is 1.89 bits per heavy atom. The summed E-state index contributed by atoms with van der Waals surface area (Å²) < 4.78 is 0. The normalized spacial score (nSPS) is 20.8. The number of hydrogen-bond acceptors (Lipinski definition) is 2. The summed E-state index contributed by atoms with van der Waals surface area (Å²) in [6.45, 7) is 8.32. The molecule has 1 atom stereocenters. The molecule has 1 unspecified atom stereocenters. The van der Waals surface area contributed by atoms with Gasteiger partial charge in [-0.1, -0.05) is 33.6 Å². The summed E-state index contributed by atoms with van der Waals surface area (Å²) in [6, 6.07) is 0.154. The molecule has 1 heterocycles. The molecule has 0 saturated carbocycles. The number of carbonyl (C=O) groups is 2. The first-order valence-corrected chi connectivity index (χ1v) is 7.12. The van der Waals surface area contributed by atoms with Crippen molar-refractivity contribution in [1.29, 1.82) is 0 Å². The van der Waals surface area contributed by atoms with Gasteiger partial charge in [-0.25, -0.2) is 0 Å². The first-order chi connectivity index (χ1) is 8.50. The highest BCUT2D eigenvalue weighted by Gasteiger charge is 2.45. The molecular weight excluding hydrogens is 228 g/mol. The zero-order valence-electron chi connectivity index (χ0n) is 12.1. The Morgan fingerprint density at radius 1 is 1.28 bits per heavy atom. The molecule has 104 valence electrons. The third-order valence-electron chi connectivity index (χ3n) is 4.08. The van der Waals surface area contributed by atoms with Crippen LogP contribution in [-0.2, 0) is 9.59 Å².